The first kappa shape index (κ1) is 10.1. The van der Waals surface area contributed by atoms with Gasteiger partial charge in [-0.1, -0.05) is 25.1 Å². The molecule has 0 fully saturated rings. The van der Waals surface area contributed by atoms with E-state index in [1.807, 2.05) is 25.1 Å². The minimum Gasteiger partial charge on any atom is -0.385 e. The number of rotatable bonds is 4. The molecule has 0 aliphatic heterocycles. The first-order chi connectivity index (χ1) is 6.20. The van der Waals surface area contributed by atoms with Crippen molar-refractivity contribution in [1.29, 1.82) is 0 Å². The third kappa shape index (κ3) is 3.47. The van der Waals surface area contributed by atoms with Gasteiger partial charge < -0.3 is 11.1 Å². The predicted octanol–water partition coefficient (Wildman–Crippen LogP) is 2.08. The second-order valence-electron chi connectivity index (χ2n) is 3.58. The van der Waals surface area contributed by atoms with Gasteiger partial charge in [0.25, 0.3) is 0 Å². The fraction of sp³-hybridized carbons (Fsp3) is 0.455. The van der Waals surface area contributed by atoms with Crippen LogP contribution < -0.4 is 11.1 Å². The summed E-state index contributed by atoms with van der Waals surface area (Å²) in [5, 5.41) is 3.35. The van der Waals surface area contributed by atoms with Crippen molar-refractivity contribution in [1.82, 2.24) is 0 Å². The van der Waals surface area contributed by atoms with Gasteiger partial charge in [-0.05, 0) is 25.0 Å². The van der Waals surface area contributed by atoms with E-state index in [1.165, 1.54) is 0 Å². The lowest BCUT2D eigenvalue weighted by Crippen LogP contribution is -2.29. The molecule has 0 saturated carbocycles. The third-order valence-corrected chi connectivity index (χ3v) is 2.30. The standard InChI is InChI=1S/C11H18N2/c1-9(10(2)12)8-13-11-6-4-3-5-7-11/h3-7,9-10,13H,8,12H2,1-2H3. The number of hydrogen-bond acceptors (Lipinski definition) is 2. The van der Waals surface area contributed by atoms with Crippen LogP contribution in [0, 0.1) is 5.92 Å². The average molecular weight is 178 g/mol. The molecule has 1 aromatic rings. The SMILES string of the molecule is CC(N)C(C)CNc1ccccc1. The van der Waals surface area contributed by atoms with Crippen LogP contribution in [-0.2, 0) is 0 Å². The van der Waals surface area contributed by atoms with Crippen molar-refractivity contribution >= 4 is 5.69 Å². The summed E-state index contributed by atoms with van der Waals surface area (Å²) in [6.45, 7) is 5.12. The van der Waals surface area contributed by atoms with Crippen molar-refractivity contribution < 1.29 is 0 Å². The topological polar surface area (TPSA) is 38.0 Å². The van der Waals surface area contributed by atoms with Gasteiger partial charge in [-0.2, -0.15) is 0 Å². The molecule has 3 N–H and O–H groups in total. The lowest BCUT2D eigenvalue weighted by molar-refractivity contribution is 0.507. The maximum Gasteiger partial charge on any atom is 0.0340 e. The number of benzene rings is 1. The van der Waals surface area contributed by atoms with E-state index in [1.54, 1.807) is 0 Å². The van der Waals surface area contributed by atoms with Crippen LogP contribution in [0.1, 0.15) is 13.8 Å². The summed E-state index contributed by atoms with van der Waals surface area (Å²) >= 11 is 0. The maximum absolute atomic E-state index is 5.76. The van der Waals surface area contributed by atoms with Gasteiger partial charge in [0.15, 0.2) is 0 Å². The molecule has 2 heteroatoms. The van der Waals surface area contributed by atoms with Crippen molar-refractivity contribution in [2.24, 2.45) is 11.7 Å². The van der Waals surface area contributed by atoms with Gasteiger partial charge in [-0.3, -0.25) is 0 Å². The van der Waals surface area contributed by atoms with Crippen molar-refractivity contribution in [2.75, 3.05) is 11.9 Å². The summed E-state index contributed by atoms with van der Waals surface area (Å²) in [4.78, 5) is 0. The first-order valence-corrected chi connectivity index (χ1v) is 4.74. The summed E-state index contributed by atoms with van der Waals surface area (Å²) in [7, 11) is 0. The summed E-state index contributed by atoms with van der Waals surface area (Å²) in [5.41, 5.74) is 6.92. The number of hydrogen-bond donors (Lipinski definition) is 2. The molecule has 1 rings (SSSR count). The van der Waals surface area contributed by atoms with E-state index < -0.39 is 0 Å². The predicted molar refractivity (Wildman–Crippen MR) is 57.7 cm³/mol. The van der Waals surface area contributed by atoms with Crippen LogP contribution in [0.5, 0.6) is 0 Å². The molecule has 0 heterocycles. The molecule has 13 heavy (non-hydrogen) atoms. The number of anilines is 1. The Labute approximate surface area is 80.1 Å². The van der Waals surface area contributed by atoms with E-state index >= 15 is 0 Å². The fourth-order valence-corrected chi connectivity index (χ4v) is 1.02. The quantitative estimate of drug-likeness (QED) is 0.740. The van der Waals surface area contributed by atoms with Gasteiger partial charge in [0, 0.05) is 18.3 Å². The highest BCUT2D eigenvalue weighted by molar-refractivity contribution is 5.42. The van der Waals surface area contributed by atoms with Crippen LogP contribution in [0.3, 0.4) is 0 Å². The van der Waals surface area contributed by atoms with Crippen molar-refractivity contribution in [3.63, 3.8) is 0 Å². The van der Waals surface area contributed by atoms with Gasteiger partial charge >= 0.3 is 0 Å². The third-order valence-electron chi connectivity index (χ3n) is 2.30. The summed E-state index contributed by atoms with van der Waals surface area (Å²) in [6, 6.07) is 10.4. The highest BCUT2D eigenvalue weighted by atomic mass is 14.9. The molecule has 0 bridgehead atoms. The van der Waals surface area contributed by atoms with E-state index in [9.17, 15) is 0 Å². The van der Waals surface area contributed by atoms with Gasteiger partial charge in [0.1, 0.15) is 0 Å². The van der Waals surface area contributed by atoms with Gasteiger partial charge in [-0.15, -0.1) is 0 Å². The lowest BCUT2D eigenvalue weighted by Gasteiger charge is -2.16. The molecule has 72 valence electrons. The molecule has 0 aromatic heterocycles. The Morgan fingerprint density at radius 2 is 1.85 bits per heavy atom. The van der Waals surface area contributed by atoms with Crippen LogP contribution in [-0.4, -0.2) is 12.6 Å². The van der Waals surface area contributed by atoms with Crippen molar-refractivity contribution in [2.45, 2.75) is 19.9 Å². The molecular weight excluding hydrogens is 160 g/mol. The van der Waals surface area contributed by atoms with Gasteiger partial charge in [0.05, 0.1) is 0 Å². The van der Waals surface area contributed by atoms with Crippen LogP contribution in [0.15, 0.2) is 30.3 Å². The van der Waals surface area contributed by atoms with Gasteiger partial charge in [0.2, 0.25) is 0 Å². The van der Waals surface area contributed by atoms with E-state index in [0.29, 0.717) is 5.92 Å². The van der Waals surface area contributed by atoms with Crippen LogP contribution in [0.2, 0.25) is 0 Å². The Morgan fingerprint density at radius 1 is 1.23 bits per heavy atom. The summed E-state index contributed by atoms with van der Waals surface area (Å²) in [5.74, 6) is 0.500. The van der Waals surface area contributed by atoms with Crippen molar-refractivity contribution in [3.8, 4) is 0 Å². The molecule has 0 saturated heterocycles. The zero-order valence-electron chi connectivity index (χ0n) is 8.33. The Kier molecular flexibility index (Phi) is 3.77. The lowest BCUT2D eigenvalue weighted by atomic mass is 10.1. The van der Waals surface area contributed by atoms with Crippen LogP contribution in [0.4, 0.5) is 5.69 Å². The monoisotopic (exact) mass is 178 g/mol. The zero-order chi connectivity index (χ0) is 9.68. The molecule has 2 atom stereocenters. The Balaban J connectivity index is 2.35. The van der Waals surface area contributed by atoms with E-state index in [-0.39, 0.29) is 6.04 Å². The second kappa shape index (κ2) is 4.87. The first-order valence-electron chi connectivity index (χ1n) is 4.74. The molecule has 0 spiro atoms. The minimum absolute atomic E-state index is 0.246. The minimum atomic E-state index is 0.246. The van der Waals surface area contributed by atoms with E-state index in [0.717, 1.165) is 12.2 Å². The molecule has 0 aliphatic rings. The Bertz CT molecular complexity index is 231. The fourth-order valence-electron chi connectivity index (χ4n) is 1.02. The highest BCUT2D eigenvalue weighted by Crippen LogP contribution is 2.07. The molecule has 0 radical (unpaired) electrons. The molecule has 0 amide bonds. The van der Waals surface area contributed by atoms with Gasteiger partial charge in [-0.25, -0.2) is 0 Å². The summed E-state index contributed by atoms with van der Waals surface area (Å²) in [6.07, 6.45) is 0. The van der Waals surface area contributed by atoms with Crippen LogP contribution in [0.25, 0.3) is 0 Å². The maximum atomic E-state index is 5.76. The number of nitrogens with two attached hydrogens (primary N) is 1. The molecule has 2 unspecified atom stereocenters. The number of nitrogens with one attached hydrogen (secondary N) is 1. The number of para-hydroxylation sites is 1. The second-order valence-corrected chi connectivity index (χ2v) is 3.58. The molecular formula is C11H18N2. The largest absolute Gasteiger partial charge is 0.385 e. The average Bonchev–Trinajstić information content (AvgIpc) is 2.15. The zero-order valence-corrected chi connectivity index (χ0v) is 8.33. The smallest absolute Gasteiger partial charge is 0.0340 e. The molecule has 0 aliphatic carbocycles. The van der Waals surface area contributed by atoms with E-state index in [2.05, 4.69) is 24.4 Å². The normalized spacial score (nSPS) is 15.0. The van der Waals surface area contributed by atoms with Crippen LogP contribution >= 0.6 is 0 Å². The molecule has 2 nitrogen and oxygen atoms in total. The highest BCUT2D eigenvalue weighted by Gasteiger charge is 2.05. The summed E-state index contributed by atoms with van der Waals surface area (Å²) < 4.78 is 0. The molecule has 1 aromatic carbocycles. The Hall–Kier alpha value is -1.02. The van der Waals surface area contributed by atoms with Crippen molar-refractivity contribution in [3.05, 3.63) is 30.3 Å². The van der Waals surface area contributed by atoms with E-state index in [4.69, 9.17) is 5.73 Å². The Morgan fingerprint density at radius 3 is 2.38 bits per heavy atom.